The fraction of sp³-hybridized carbons (Fsp3) is 0.481. The lowest BCUT2D eigenvalue weighted by atomic mass is 9.90. The smallest absolute Gasteiger partial charge is 0.246 e. The molecule has 1 aromatic carbocycles. The van der Waals surface area contributed by atoms with Crippen molar-refractivity contribution in [3.05, 3.63) is 46.6 Å². The highest BCUT2D eigenvalue weighted by Gasteiger charge is 2.40. The Morgan fingerprint density at radius 3 is 2.73 bits per heavy atom. The Bertz CT molecular complexity index is 1280. The van der Waals surface area contributed by atoms with Crippen LogP contribution in [-0.4, -0.2) is 65.6 Å². The topological polar surface area (TPSA) is 96.5 Å². The molecule has 196 valence electrons. The van der Waals surface area contributed by atoms with Gasteiger partial charge in [-0.25, -0.2) is 4.98 Å². The summed E-state index contributed by atoms with van der Waals surface area (Å²) >= 11 is 8.07. The number of fused-ring (bicyclic) bond motifs is 1. The van der Waals surface area contributed by atoms with Crippen LogP contribution in [0.15, 0.2) is 36.5 Å². The summed E-state index contributed by atoms with van der Waals surface area (Å²) in [6.45, 7) is 3.65. The number of aromatic nitrogens is 2. The van der Waals surface area contributed by atoms with Crippen LogP contribution in [0.25, 0.3) is 21.5 Å². The van der Waals surface area contributed by atoms with Gasteiger partial charge in [0.2, 0.25) is 11.8 Å². The van der Waals surface area contributed by atoms with E-state index in [1.807, 2.05) is 35.2 Å². The highest BCUT2D eigenvalue weighted by atomic mass is 35.5. The van der Waals surface area contributed by atoms with Gasteiger partial charge < -0.3 is 20.3 Å². The molecular weight excluding hydrogens is 510 g/mol. The quantitative estimate of drug-likeness (QED) is 0.465. The van der Waals surface area contributed by atoms with E-state index in [1.165, 1.54) is 0 Å². The molecule has 0 spiro atoms. The highest BCUT2D eigenvalue weighted by molar-refractivity contribution is 7.18. The SMILES string of the molecule is CN[C@@H](C)C(=O)N[C@H](C(=O)N1CCC[C@H]1c1nc2c(-c3ccccc3Cl)nccc2s1)C1CCOCC1. The van der Waals surface area contributed by atoms with E-state index in [0.717, 1.165) is 52.2 Å². The average molecular weight is 542 g/mol. The van der Waals surface area contributed by atoms with Gasteiger partial charge in [-0.2, -0.15) is 0 Å². The molecule has 3 aromatic rings. The van der Waals surface area contributed by atoms with Crippen LogP contribution in [0.4, 0.5) is 0 Å². The molecule has 0 unspecified atom stereocenters. The number of nitrogens with zero attached hydrogens (tertiary/aromatic N) is 3. The number of hydrogen-bond donors (Lipinski definition) is 2. The Labute approximate surface area is 225 Å². The Hall–Kier alpha value is -2.59. The molecule has 2 aliphatic rings. The molecule has 0 bridgehead atoms. The Morgan fingerprint density at radius 2 is 1.97 bits per heavy atom. The Kier molecular flexibility index (Phi) is 8.04. The zero-order valence-electron chi connectivity index (χ0n) is 21.1. The van der Waals surface area contributed by atoms with Crippen molar-refractivity contribution in [1.29, 1.82) is 0 Å². The fourth-order valence-electron chi connectivity index (χ4n) is 5.17. The van der Waals surface area contributed by atoms with E-state index >= 15 is 0 Å². The van der Waals surface area contributed by atoms with Gasteiger partial charge in [-0.05, 0) is 57.7 Å². The van der Waals surface area contributed by atoms with Crippen molar-refractivity contribution in [3.8, 4) is 11.3 Å². The van der Waals surface area contributed by atoms with Gasteiger partial charge >= 0.3 is 0 Å². The number of likely N-dealkylation sites (N-methyl/N-ethyl adjacent to an activating group) is 1. The van der Waals surface area contributed by atoms with Gasteiger partial charge in [-0.3, -0.25) is 14.6 Å². The third-order valence-electron chi connectivity index (χ3n) is 7.40. The molecule has 2 amide bonds. The second-order valence-corrected chi connectivity index (χ2v) is 11.1. The number of benzene rings is 1. The normalized spacial score (nSPS) is 20.2. The predicted octanol–water partition coefficient (Wildman–Crippen LogP) is 4.19. The van der Waals surface area contributed by atoms with E-state index in [4.69, 9.17) is 21.3 Å². The van der Waals surface area contributed by atoms with Gasteiger partial charge in [-0.1, -0.05) is 29.8 Å². The van der Waals surface area contributed by atoms with Gasteiger partial charge in [0.15, 0.2) is 0 Å². The van der Waals surface area contributed by atoms with Crippen molar-refractivity contribution < 1.29 is 14.3 Å². The lowest BCUT2D eigenvalue weighted by Gasteiger charge is -2.35. The number of hydrogen-bond acceptors (Lipinski definition) is 7. The molecule has 4 heterocycles. The van der Waals surface area contributed by atoms with Crippen LogP contribution in [0.5, 0.6) is 0 Å². The summed E-state index contributed by atoms with van der Waals surface area (Å²) in [6, 6.07) is 8.49. The van der Waals surface area contributed by atoms with Crippen molar-refractivity contribution in [2.75, 3.05) is 26.8 Å². The first kappa shape index (κ1) is 26.0. The highest BCUT2D eigenvalue weighted by Crippen LogP contribution is 2.40. The third-order valence-corrected chi connectivity index (χ3v) is 8.85. The standard InChI is InChI=1S/C27H32ClN5O3S/c1-16(29-2)25(34)31-22(17-10-14-36-15-11-17)27(35)33-13-5-8-20(33)26-32-24-21(37-26)9-12-30-23(24)18-6-3-4-7-19(18)28/h3-4,6-7,9,12,16-17,20,22,29H,5,8,10-11,13-15H2,1-2H3,(H,31,34)/t16-,20-,22-/m0/s1. The molecule has 3 atom stereocenters. The second kappa shape index (κ2) is 11.4. The van der Waals surface area contributed by atoms with Gasteiger partial charge in [0.25, 0.3) is 0 Å². The number of ether oxygens (including phenoxy) is 1. The Balaban J connectivity index is 1.45. The third kappa shape index (κ3) is 5.36. The van der Waals surface area contributed by atoms with Crippen LogP contribution in [0, 0.1) is 5.92 Å². The first-order valence-electron chi connectivity index (χ1n) is 12.8. The van der Waals surface area contributed by atoms with Crippen LogP contribution < -0.4 is 10.6 Å². The molecular formula is C27H32ClN5O3S. The molecule has 0 aliphatic carbocycles. The number of likely N-dealkylation sites (tertiary alicyclic amines) is 1. The number of pyridine rings is 1. The summed E-state index contributed by atoms with van der Waals surface area (Å²) < 4.78 is 6.55. The number of nitrogens with one attached hydrogen (secondary N) is 2. The lowest BCUT2D eigenvalue weighted by Crippen LogP contribution is -2.56. The second-order valence-electron chi connectivity index (χ2n) is 9.67. The summed E-state index contributed by atoms with van der Waals surface area (Å²) in [5, 5.41) is 7.55. The van der Waals surface area contributed by atoms with Crippen molar-refractivity contribution in [3.63, 3.8) is 0 Å². The predicted molar refractivity (Wildman–Crippen MR) is 146 cm³/mol. The maximum atomic E-state index is 14.0. The molecule has 2 N–H and O–H groups in total. The zero-order valence-corrected chi connectivity index (χ0v) is 22.6. The number of halogens is 1. The van der Waals surface area contributed by atoms with Crippen molar-refractivity contribution in [2.24, 2.45) is 5.92 Å². The van der Waals surface area contributed by atoms with Crippen molar-refractivity contribution in [1.82, 2.24) is 25.5 Å². The summed E-state index contributed by atoms with van der Waals surface area (Å²) in [6.07, 6.45) is 5.00. The minimum atomic E-state index is -0.581. The largest absolute Gasteiger partial charge is 0.381 e. The van der Waals surface area contributed by atoms with E-state index in [0.29, 0.717) is 24.8 Å². The van der Waals surface area contributed by atoms with Crippen LogP contribution >= 0.6 is 22.9 Å². The van der Waals surface area contributed by atoms with E-state index in [9.17, 15) is 9.59 Å². The number of amides is 2. The molecule has 2 fully saturated rings. The van der Waals surface area contributed by atoms with Crippen LogP contribution in [0.3, 0.4) is 0 Å². The maximum Gasteiger partial charge on any atom is 0.246 e. The summed E-state index contributed by atoms with van der Waals surface area (Å²) in [5.74, 6) is -0.157. The number of rotatable bonds is 7. The fourth-order valence-corrected chi connectivity index (χ4v) is 6.51. The molecule has 0 radical (unpaired) electrons. The van der Waals surface area contributed by atoms with Gasteiger partial charge in [-0.15, -0.1) is 11.3 Å². The number of thiazole rings is 1. The first-order valence-corrected chi connectivity index (χ1v) is 14.0. The lowest BCUT2D eigenvalue weighted by molar-refractivity contribution is -0.140. The van der Waals surface area contributed by atoms with Gasteiger partial charge in [0, 0.05) is 31.5 Å². The van der Waals surface area contributed by atoms with Crippen LogP contribution in [0.2, 0.25) is 5.02 Å². The molecule has 2 aromatic heterocycles. The zero-order chi connectivity index (χ0) is 25.9. The average Bonchev–Trinajstić information content (AvgIpc) is 3.59. The summed E-state index contributed by atoms with van der Waals surface area (Å²) in [7, 11) is 1.74. The molecule has 8 nitrogen and oxygen atoms in total. The van der Waals surface area contributed by atoms with Gasteiger partial charge in [0.1, 0.15) is 16.6 Å². The summed E-state index contributed by atoms with van der Waals surface area (Å²) in [5.41, 5.74) is 2.38. The van der Waals surface area contributed by atoms with Crippen molar-refractivity contribution in [2.45, 2.75) is 50.7 Å². The van der Waals surface area contributed by atoms with Gasteiger partial charge in [0.05, 0.1) is 27.5 Å². The first-order chi connectivity index (χ1) is 18.0. The maximum absolute atomic E-state index is 14.0. The van der Waals surface area contributed by atoms with E-state index in [-0.39, 0.29) is 29.8 Å². The van der Waals surface area contributed by atoms with Crippen molar-refractivity contribution >= 4 is 45.0 Å². The van der Waals surface area contributed by atoms with Crippen LogP contribution in [0.1, 0.15) is 43.7 Å². The molecule has 5 rings (SSSR count). The number of carbonyl (C=O) groups is 2. The number of carbonyl (C=O) groups excluding carboxylic acids is 2. The monoisotopic (exact) mass is 541 g/mol. The summed E-state index contributed by atoms with van der Waals surface area (Å²) in [4.78, 5) is 38.4. The van der Waals surface area contributed by atoms with Crippen LogP contribution in [-0.2, 0) is 14.3 Å². The molecule has 10 heteroatoms. The Morgan fingerprint density at radius 1 is 1.19 bits per heavy atom. The molecule has 2 aliphatic heterocycles. The molecule has 0 saturated carbocycles. The molecule has 37 heavy (non-hydrogen) atoms. The minimum absolute atomic E-state index is 0.0326. The minimum Gasteiger partial charge on any atom is -0.381 e. The molecule has 2 saturated heterocycles. The van der Waals surface area contributed by atoms with E-state index < -0.39 is 6.04 Å². The van der Waals surface area contributed by atoms with E-state index in [2.05, 4.69) is 15.6 Å². The van der Waals surface area contributed by atoms with E-state index in [1.54, 1.807) is 31.5 Å².